The number of hydrogen-bond acceptors (Lipinski definition) is 4. The van der Waals surface area contributed by atoms with Gasteiger partial charge in [0, 0.05) is 66.6 Å². The van der Waals surface area contributed by atoms with E-state index in [4.69, 9.17) is 9.72 Å². The number of aryl methyl sites for hydroxylation is 2. The van der Waals surface area contributed by atoms with Crippen LogP contribution in [0, 0.1) is 31.7 Å². The van der Waals surface area contributed by atoms with Crippen LogP contribution >= 0.6 is 0 Å². The standard InChI is InChI=1S/C26H24NOSi.C13H24O2.Ir/c1-16-14-17(2)25-22(15-16)24-23-19(12-13-27-24)8-11-21(26(23)28-25)18-6-9-20(10-7-18)29(3,4)5;1-5-10(6-2)12(14)9-13(15)11(7-3)8-4;/h6-14H,1-5H3;9-11,14H,5-8H2,1-4H3;/q-1;;/b;12-9-;. The second-order valence-corrected chi connectivity index (χ2v) is 18.0. The van der Waals surface area contributed by atoms with E-state index in [-0.39, 0.29) is 43.5 Å². The number of pyridine rings is 1. The van der Waals surface area contributed by atoms with Crippen LogP contribution in [0.4, 0.5) is 0 Å². The molecule has 45 heavy (non-hydrogen) atoms. The number of aliphatic hydroxyl groups is 1. The average Bonchev–Trinajstić information content (AvgIpc) is 2.99. The van der Waals surface area contributed by atoms with Crippen LogP contribution < -0.4 is 9.92 Å². The molecule has 241 valence electrons. The van der Waals surface area contributed by atoms with Crippen molar-refractivity contribution in [2.24, 2.45) is 11.8 Å². The first-order chi connectivity index (χ1) is 20.9. The quantitative estimate of drug-likeness (QED) is 0.0698. The number of benzene rings is 3. The Kier molecular flexibility index (Phi) is 12.5. The summed E-state index contributed by atoms with van der Waals surface area (Å²) in [5.41, 5.74) is 6.43. The first-order valence-electron chi connectivity index (χ1n) is 16.1. The van der Waals surface area contributed by atoms with Crippen LogP contribution in [0.15, 0.2) is 66.6 Å². The van der Waals surface area contributed by atoms with E-state index in [0.717, 1.165) is 75.9 Å². The summed E-state index contributed by atoms with van der Waals surface area (Å²) in [6.07, 6.45) is 6.79. The summed E-state index contributed by atoms with van der Waals surface area (Å²) in [6.45, 7) is 19.4. The van der Waals surface area contributed by atoms with Gasteiger partial charge in [0.1, 0.15) is 5.75 Å². The van der Waals surface area contributed by atoms with Crippen LogP contribution in [0.3, 0.4) is 0 Å². The fraction of sp³-hybridized carbons (Fsp3) is 0.385. The van der Waals surface area contributed by atoms with Crippen LogP contribution in [0.5, 0.6) is 11.5 Å². The third-order valence-corrected chi connectivity index (χ3v) is 10.9. The number of aromatic nitrogens is 1. The molecule has 0 aliphatic carbocycles. The fourth-order valence-corrected chi connectivity index (χ4v) is 7.13. The summed E-state index contributed by atoms with van der Waals surface area (Å²) in [5.74, 6) is 2.32. The van der Waals surface area contributed by atoms with Crippen LogP contribution in [-0.4, -0.2) is 23.9 Å². The zero-order valence-corrected chi connectivity index (χ0v) is 31.7. The Bertz CT molecular complexity index is 1660. The normalized spacial score (nSPS) is 12.3. The average molecular weight is 799 g/mol. The third-order valence-electron chi connectivity index (χ3n) is 8.81. The number of ketones is 1. The molecule has 0 unspecified atom stereocenters. The third kappa shape index (κ3) is 8.03. The largest absolute Gasteiger partial charge is 0.512 e. The minimum Gasteiger partial charge on any atom is -0.512 e. The molecule has 4 nitrogen and oxygen atoms in total. The summed E-state index contributed by atoms with van der Waals surface area (Å²) in [4.78, 5) is 16.5. The Hall–Kier alpha value is -3.05. The molecule has 0 fully saturated rings. The van der Waals surface area contributed by atoms with Gasteiger partial charge in [0.15, 0.2) is 5.78 Å². The summed E-state index contributed by atoms with van der Waals surface area (Å²) in [6, 6.07) is 21.0. The van der Waals surface area contributed by atoms with Gasteiger partial charge in [-0.2, -0.15) is 0 Å². The molecule has 1 aliphatic heterocycles. The fourth-order valence-electron chi connectivity index (χ4n) is 5.97. The Balaban J connectivity index is 0.000000297. The van der Waals surface area contributed by atoms with Gasteiger partial charge < -0.3 is 14.8 Å². The van der Waals surface area contributed by atoms with E-state index in [1.807, 2.05) is 33.9 Å². The molecule has 1 N–H and O–H groups in total. The van der Waals surface area contributed by atoms with Crippen LogP contribution in [0.25, 0.3) is 33.2 Å². The number of carbonyl (C=O) groups excluding carboxylic acids is 1. The number of aliphatic hydroxyl groups excluding tert-OH is 1. The monoisotopic (exact) mass is 799 g/mol. The van der Waals surface area contributed by atoms with E-state index in [1.165, 1.54) is 16.8 Å². The first-order valence-corrected chi connectivity index (χ1v) is 19.6. The number of allylic oxidation sites excluding steroid dienone is 2. The number of rotatable bonds is 9. The van der Waals surface area contributed by atoms with Crippen molar-refractivity contribution in [3.8, 4) is 33.9 Å². The van der Waals surface area contributed by atoms with Crippen molar-refractivity contribution in [1.82, 2.24) is 4.98 Å². The van der Waals surface area contributed by atoms with Gasteiger partial charge in [0.05, 0.1) is 13.8 Å². The van der Waals surface area contributed by atoms with Crippen molar-refractivity contribution < 1.29 is 34.7 Å². The van der Waals surface area contributed by atoms with E-state index >= 15 is 0 Å². The Morgan fingerprint density at radius 2 is 1.53 bits per heavy atom. The maximum Gasteiger partial charge on any atom is 0.162 e. The number of fused-ring (bicyclic) bond motifs is 2. The van der Waals surface area contributed by atoms with E-state index < -0.39 is 8.07 Å². The Morgan fingerprint density at radius 1 is 0.911 bits per heavy atom. The topological polar surface area (TPSA) is 59.4 Å². The Morgan fingerprint density at radius 3 is 2.11 bits per heavy atom. The van der Waals surface area contributed by atoms with Crippen LogP contribution in [0.1, 0.15) is 64.5 Å². The maximum atomic E-state index is 11.7. The number of hydrogen-bond donors (Lipinski definition) is 1. The minimum absolute atomic E-state index is 0. The second kappa shape index (κ2) is 15.5. The molecular weight excluding hydrogens is 751 g/mol. The smallest absolute Gasteiger partial charge is 0.162 e. The van der Waals surface area contributed by atoms with Crippen molar-refractivity contribution in [1.29, 1.82) is 0 Å². The second-order valence-electron chi connectivity index (χ2n) is 13.0. The van der Waals surface area contributed by atoms with Crippen molar-refractivity contribution in [3.63, 3.8) is 0 Å². The molecule has 0 spiro atoms. The molecule has 0 bridgehead atoms. The summed E-state index contributed by atoms with van der Waals surface area (Å²) >= 11 is 0. The van der Waals surface area contributed by atoms with Gasteiger partial charge in [-0.15, -0.1) is 17.7 Å². The van der Waals surface area contributed by atoms with Gasteiger partial charge in [-0.05, 0) is 42.7 Å². The zero-order valence-electron chi connectivity index (χ0n) is 28.3. The van der Waals surface area contributed by atoms with Crippen molar-refractivity contribution in [3.05, 3.63) is 83.8 Å². The molecule has 0 atom stereocenters. The van der Waals surface area contributed by atoms with Crippen molar-refractivity contribution in [2.45, 2.75) is 86.9 Å². The zero-order chi connectivity index (χ0) is 32.2. The molecule has 0 saturated carbocycles. The predicted molar refractivity (Wildman–Crippen MR) is 188 cm³/mol. The molecule has 3 aromatic carbocycles. The van der Waals surface area contributed by atoms with Crippen molar-refractivity contribution >= 4 is 29.8 Å². The first kappa shape index (κ1) is 36.4. The van der Waals surface area contributed by atoms with E-state index in [0.29, 0.717) is 0 Å². The summed E-state index contributed by atoms with van der Waals surface area (Å²) in [7, 11) is -1.33. The molecule has 0 saturated heterocycles. The SMILES string of the molecule is CCC(CC)C(=O)/C=C(\O)C(CC)CC.Cc1[c-]c2c(c(C)c1)Oc1c(-c3ccc([Si](C)(C)C)cc3)ccc3ccnc-2c13.[Ir]. The van der Waals surface area contributed by atoms with Gasteiger partial charge in [0.2, 0.25) is 0 Å². The molecular formula is C39H48IrNO3Si-. The molecule has 1 radical (unpaired) electrons. The summed E-state index contributed by atoms with van der Waals surface area (Å²) in [5, 5.41) is 13.4. The van der Waals surface area contributed by atoms with Crippen LogP contribution in [-0.2, 0) is 24.9 Å². The predicted octanol–water partition coefficient (Wildman–Crippen LogP) is 10.5. The summed E-state index contributed by atoms with van der Waals surface area (Å²) < 4.78 is 6.56. The molecule has 6 heteroatoms. The van der Waals surface area contributed by atoms with Gasteiger partial charge in [-0.25, -0.2) is 0 Å². The van der Waals surface area contributed by atoms with Gasteiger partial charge in [-0.1, -0.05) is 114 Å². The molecule has 1 aliphatic rings. The number of ether oxygens (including phenoxy) is 1. The van der Waals surface area contributed by atoms with Crippen LogP contribution in [0.2, 0.25) is 19.6 Å². The molecule has 0 amide bonds. The molecule has 2 heterocycles. The maximum absolute atomic E-state index is 11.7. The molecule has 5 rings (SSSR count). The Labute approximate surface area is 284 Å². The number of carbonyl (C=O) groups is 1. The van der Waals surface area contributed by atoms with Gasteiger partial charge >= 0.3 is 0 Å². The molecule has 1 aromatic heterocycles. The van der Waals surface area contributed by atoms with E-state index in [2.05, 4.69) is 88.1 Å². The molecule has 4 aromatic rings. The van der Waals surface area contributed by atoms with Gasteiger partial charge in [-0.3, -0.25) is 4.79 Å². The van der Waals surface area contributed by atoms with Gasteiger partial charge in [0.25, 0.3) is 0 Å². The van der Waals surface area contributed by atoms with E-state index in [1.54, 1.807) is 0 Å². The number of nitrogens with zero attached hydrogens (tertiary/aromatic N) is 1. The van der Waals surface area contributed by atoms with Crippen molar-refractivity contribution in [2.75, 3.05) is 0 Å². The minimum atomic E-state index is -1.33. The van der Waals surface area contributed by atoms with E-state index in [9.17, 15) is 9.90 Å².